The van der Waals surface area contributed by atoms with Crippen molar-refractivity contribution in [3.05, 3.63) is 103 Å². The second-order valence-electron chi connectivity index (χ2n) is 15.1. The summed E-state index contributed by atoms with van der Waals surface area (Å²) in [7, 11) is -15.5. The Hall–Kier alpha value is -7.04. The highest BCUT2D eigenvalue weighted by Crippen LogP contribution is 2.44. The lowest BCUT2D eigenvalue weighted by Gasteiger charge is -2.11. The molecule has 0 bridgehead atoms. The first kappa shape index (κ1) is 49.9. The largest absolute Gasteiger partial charge is 0.505 e. The van der Waals surface area contributed by atoms with Gasteiger partial charge in [0, 0.05) is 46.4 Å². The van der Waals surface area contributed by atoms with E-state index in [1.54, 1.807) is 44.3 Å². The molecule has 0 aliphatic heterocycles. The third-order valence-corrected chi connectivity index (χ3v) is 13.7. The van der Waals surface area contributed by atoms with Crippen molar-refractivity contribution in [2.24, 2.45) is 30.7 Å². The van der Waals surface area contributed by atoms with Gasteiger partial charge in [0.25, 0.3) is 40.5 Å². The fourth-order valence-electron chi connectivity index (χ4n) is 6.96. The van der Waals surface area contributed by atoms with E-state index in [1.165, 1.54) is 49.6 Å². The fourth-order valence-corrected chi connectivity index (χ4v) is 9.23. The number of rotatable bonds is 17. The van der Waals surface area contributed by atoms with E-state index >= 15 is 0 Å². The smallest absolute Gasteiger partial charge is 0.296 e. The highest BCUT2D eigenvalue weighted by atomic mass is 32.2. The molecule has 22 nitrogen and oxygen atoms in total. The van der Waals surface area contributed by atoms with Crippen LogP contribution in [0.5, 0.6) is 17.2 Å². The quantitative estimate of drug-likeness (QED) is 0.0280. The van der Waals surface area contributed by atoms with E-state index in [0.29, 0.717) is 27.7 Å². The number of aryl methyl sites for hydroxylation is 1. The number of fused-ring (bicyclic) bond motifs is 3. The van der Waals surface area contributed by atoms with Crippen LogP contribution in [0.25, 0.3) is 32.3 Å². The number of phenolic OH excluding ortho intramolecular Hbond substituents is 1. The van der Waals surface area contributed by atoms with Crippen molar-refractivity contribution in [3.63, 3.8) is 0 Å². The number of ether oxygens (including phenoxy) is 2. The highest BCUT2D eigenvalue weighted by molar-refractivity contribution is 7.86. The molecule has 360 valence electrons. The third kappa shape index (κ3) is 11.6. The first-order valence-electron chi connectivity index (χ1n) is 20.0. The van der Waals surface area contributed by atoms with Gasteiger partial charge in [-0.1, -0.05) is 6.07 Å². The molecule has 0 heterocycles. The van der Waals surface area contributed by atoms with Gasteiger partial charge in [0.1, 0.15) is 27.8 Å². The standard InChI is InChI=1S/C43H39N7O15S4/c1-24-16-38(40(64-3)23-37(24)48-45-28-7-9-31-25(18-28)19-30(68(58,59)60)22-39(31)65-14-4-5-15-66(52,53)54)49-46-35-12-13-36(34-21-29(67(55,56)57)8-11-33(34)35)47-50-42-41(69(61,62)63)20-26-17-27(44-2)6-10-32(26)43(42)51/h6-13,16-23,44,51H,4-5,14-15H2,1-3H3,(H,52,53,54)(H,55,56,57)(H,58,59,60)(H,61,62,63). The van der Waals surface area contributed by atoms with Gasteiger partial charge in [0.05, 0.1) is 52.0 Å². The summed E-state index contributed by atoms with van der Waals surface area (Å²) in [6, 6.07) is 22.3. The number of anilines is 1. The third-order valence-electron chi connectivity index (χ3n) is 10.4. The lowest BCUT2D eigenvalue weighted by molar-refractivity contribution is 0.311. The van der Waals surface area contributed by atoms with Gasteiger partial charge in [-0.15, -0.1) is 20.5 Å². The van der Waals surface area contributed by atoms with Crippen LogP contribution < -0.4 is 14.8 Å². The predicted molar refractivity (Wildman–Crippen MR) is 254 cm³/mol. The molecule has 0 aromatic heterocycles. The molecule has 0 spiro atoms. The average Bonchev–Trinajstić information content (AvgIpc) is 3.28. The van der Waals surface area contributed by atoms with Crippen LogP contribution in [0.1, 0.15) is 18.4 Å². The van der Waals surface area contributed by atoms with Gasteiger partial charge < -0.3 is 19.9 Å². The monoisotopic (exact) mass is 1020 g/mol. The maximum atomic E-state index is 12.5. The molecule has 0 saturated heterocycles. The molecule has 7 rings (SSSR count). The summed E-state index contributed by atoms with van der Waals surface area (Å²) < 4.78 is 146. The van der Waals surface area contributed by atoms with E-state index < -0.39 is 72.3 Å². The molecule has 0 unspecified atom stereocenters. The molecule has 7 aromatic carbocycles. The second kappa shape index (κ2) is 19.5. The van der Waals surface area contributed by atoms with Gasteiger partial charge >= 0.3 is 0 Å². The minimum absolute atomic E-state index is 0.0193. The maximum absolute atomic E-state index is 12.5. The van der Waals surface area contributed by atoms with Crippen LogP contribution in [-0.2, 0) is 40.5 Å². The Bertz CT molecular complexity index is 3780. The minimum Gasteiger partial charge on any atom is -0.505 e. The minimum atomic E-state index is -4.97. The van der Waals surface area contributed by atoms with Crippen LogP contribution in [0.4, 0.5) is 39.8 Å². The Kier molecular flexibility index (Phi) is 14.1. The number of benzene rings is 7. The zero-order valence-corrected chi connectivity index (χ0v) is 39.5. The lowest BCUT2D eigenvalue weighted by Crippen LogP contribution is -2.06. The molecular weight excluding hydrogens is 983 g/mol. The van der Waals surface area contributed by atoms with E-state index in [9.17, 15) is 52.4 Å². The van der Waals surface area contributed by atoms with Crippen LogP contribution in [-0.4, -0.2) is 83.5 Å². The van der Waals surface area contributed by atoms with Crippen molar-refractivity contribution in [2.75, 3.05) is 31.8 Å². The van der Waals surface area contributed by atoms with Crippen LogP contribution >= 0.6 is 0 Å². The summed E-state index contributed by atoms with van der Waals surface area (Å²) in [6.45, 7) is 1.69. The summed E-state index contributed by atoms with van der Waals surface area (Å²) in [4.78, 5) is -1.74. The number of hydrogen-bond donors (Lipinski definition) is 6. The topological polar surface area (TPSA) is 342 Å². The van der Waals surface area contributed by atoms with Gasteiger partial charge in [-0.05, 0) is 115 Å². The number of phenols is 1. The van der Waals surface area contributed by atoms with Crippen molar-refractivity contribution in [1.29, 1.82) is 0 Å². The summed E-state index contributed by atoms with van der Waals surface area (Å²) >= 11 is 0. The van der Waals surface area contributed by atoms with Crippen LogP contribution in [0.3, 0.4) is 0 Å². The van der Waals surface area contributed by atoms with Gasteiger partial charge in [0.15, 0.2) is 5.75 Å². The van der Waals surface area contributed by atoms with Gasteiger partial charge in [-0.3, -0.25) is 18.2 Å². The van der Waals surface area contributed by atoms with Gasteiger partial charge in [-0.25, -0.2) is 0 Å². The van der Waals surface area contributed by atoms with Crippen molar-refractivity contribution < 1.29 is 66.5 Å². The Labute approximate surface area is 394 Å². The van der Waals surface area contributed by atoms with Gasteiger partial charge in [-0.2, -0.15) is 43.9 Å². The number of azo groups is 3. The molecule has 7 aromatic rings. The summed E-state index contributed by atoms with van der Waals surface area (Å²) in [5.74, 6) is -0.799. The number of nitrogens with zero attached hydrogens (tertiary/aromatic N) is 6. The number of nitrogens with one attached hydrogen (secondary N) is 1. The number of methoxy groups -OCH3 is 1. The first-order valence-corrected chi connectivity index (χ1v) is 25.9. The van der Waals surface area contributed by atoms with E-state index in [0.717, 1.165) is 24.3 Å². The van der Waals surface area contributed by atoms with Crippen LogP contribution in [0.2, 0.25) is 0 Å². The summed E-state index contributed by atoms with van der Waals surface area (Å²) in [5, 5.41) is 41.1. The van der Waals surface area contributed by atoms with Crippen molar-refractivity contribution in [3.8, 4) is 17.2 Å². The van der Waals surface area contributed by atoms with E-state index in [2.05, 4.69) is 36.0 Å². The Morgan fingerprint density at radius 2 is 1.19 bits per heavy atom. The lowest BCUT2D eigenvalue weighted by atomic mass is 10.1. The number of hydrogen-bond acceptors (Lipinski definition) is 18. The summed E-state index contributed by atoms with van der Waals surface area (Å²) in [6.07, 6.45) is 0.306. The zero-order valence-electron chi connectivity index (χ0n) is 36.2. The first-order chi connectivity index (χ1) is 32.4. The van der Waals surface area contributed by atoms with E-state index in [-0.39, 0.29) is 75.2 Å². The fraction of sp³-hybridized carbons (Fsp3) is 0.163. The SMILES string of the molecule is CNc1ccc2c(O)c(N=Nc3ccc(N=Nc4cc(C)c(N=Nc5ccc6c(OCCCCS(=O)(=O)O)cc(S(=O)(=O)O)cc6c5)cc4OC)c4ccc(S(=O)(=O)O)cc34)c(S(=O)(=O)O)cc2c1. The molecule has 0 aliphatic rings. The van der Waals surface area contributed by atoms with Crippen molar-refractivity contribution >= 4 is 113 Å². The Balaban J connectivity index is 1.20. The number of unbranched alkanes of at least 4 members (excludes halogenated alkanes) is 1. The average molecular weight is 1020 g/mol. The molecule has 0 atom stereocenters. The molecule has 0 radical (unpaired) electrons. The Morgan fingerprint density at radius 1 is 0.551 bits per heavy atom. The molecule has 0 saturated carbocycles. The highest BCUT2D eigenvalue weighted by Gasteiger charge is 2.23. The molecule has 69 heavy (non-hydrogen) atoms. The van der Waals surface area contributed by atoms with Crippen LogP contribution in [0.15, 0.2) is 142 Å². The summed E-state index contributed by atoms with van der Waals surface area (Å²) in [5.41, 5.74) is 1.48. The van der Waals surface area contributed by atoms with E-state index in [4.69, 9.17) is 14.0 Å². The second-order valence-corrected chi connectivity index (χ2v) is 20.9. The maximum Gasteiger partial charge on any atom is 0.296 e. The molecule has 6 N–H and O–H groups in total. The molecule has 26 heteroatoms. The number of aromatic hydroxyl groups is 1. The van der Waals surface area contributed by atoms with Crippen molar-refractivity contribution in [2.45, 2.75) is 34.5 Å². The molecule has 0 amide bonds. The van der Waals surface area contributed by atoms with Crippen LogP contribution in [0, 0.1) is 6.92 Å². The molecule has 0 aliphatic carbocycles. The normalized spacial score (nSPS) is 12.9. The van der Waals surface area contributed by atoms with Gasteiger partial charge in [0.2, 0.25) is 0 Å². The van der Waals surface area contributed by atoms with E-state index in [1.807, 2.05) is 0 Å². The molecule has 0 fully saturated rings. The Morgan fingerprint density at radius 3 is 1.86 bits per heavy atom. The molecular formula is C43H39N7O15S4. The predicted octanol–water partition coefficient (Wildman–Crippen LogP) is 10.2. The van der Waals surface area contributed by atoms with Crippen molar-refractivity contribution in [1.82, 2.24) is 0 Å². The zero-order chi connectivity index (χ0) is 50.1.